The van der Waals surface area contributed by atoms with Crippen molar-refractivity contribution in [2.75, 3.05) is 13.1 Å². The third-order valence-corrected chi connectivity index (χ3v) is 4.03. The van der Waals surface area contributed by atoms with Crippen molar-refractivity contribution in [2.24, 2.45) is 0 Å². The second kappa shape index (κ2) is 5.22. The summed E-state index contributed by atoms with van der Waals surface area (Å²) >= 11 is 0. The van der Waals surface area contributed by atoms with Crippen molar-refractivity contribution >= 4 is 11.0 Å². The van der Waals surface area contributed by atoms with E-state index in [1.54, 1.807) is 6.07 Å². The van der Waals surface area contributed by atoms with Crippen molar-refractivity contribution in [3.8, 4) is 6.07 Å². The fraction of sp³-hybridized carbons (Fsp3) is 0.467. The second-order valence-electron chi connectivity index (χ2n) is 5.27. The predicted molar refractivity (Wildman–Crippen MR) is 74.5 cm³/mol. The number of nitrogens with zero attached hydrogens (tertiary/aromatic N) is 4. The van der Waals surface area contributed by atoms with Gasteiger partial charge in [0, 0.05) is 6.07 Å². The molecule has 0 spiro atoms. The lowest BCUT2D eigenvalue weighted by Gasteiger charge is -2.23. The number of aromatic nitrogens is 2. The Kier molecular flexibility index (Phi) is 3.41. The lowest BCUT2D eigenvalue weighted by Crippen LogP contribution is -2.26. The summed E-state index contributed by atoms with van der Waals surface area (Å²) in [6.45, 7) is 4.48. The molecule has 104 valence electrons. The van der Waals surface area contributed by atoms with E-state index in [4.69, 9.17) is 5.26 Å². The van der Waals surface area contributed by atoms with Crippen LogP contribution in [0.3, 0.4) is 0 Å². The molecule has 1 fully saturated rings. The van der Waals surface area contributed by atoms with Crippen LogP contribution >= 0.6 is 0 Å². The average molecular weight is 272 g/mol. The summed E-state index contributed by atoms with van der Waals surface area (Å²) in [6, 6.07) is 6.88. The highest BCUT2D eigenvalue weighted by molar-refractivity contribution is 5.76. The van der Waals surface area contributed by atoms with Crippen molar-refractivity contribution in [3.63, 3.8) is 0 Å². The highest BCUT2D eigenvalue weighted by atomic mass is 19.1. The van der Waals surface area contributed by atoms with Crippen molar-refractivity contribution in [3.05, 3.63) is 29.8 Å². The summed E-state index contributed by atoms with van der Waals surface area (Å²) < 4.78 is 15.2. The first-order valence-electron chi connectivity index (χ1n) is 6.97. The minimum atomic E-state index is -0.292. The van der Waals surface area contributed by atoms with Crippen LogP contribution in [-0.2, 0) is 6.54 Å². The largest absolute Gasteiger partial charge is 0.313 e. The number of imidazole rings is 1. The van der Waals surface area contributed by atoms with E-state index < -0.39 is 0 Å². The zero-order chi connectivity index (χ0) is 14.1. The Morgan fingerprint density at radius 3 is 2.85 bits per heavy atom. The van der Waals surface area contributed by atoms with E-state index in [9.17, 15) is 4.39 Å². The van der Waals surface area contributed by atoms with E-state index in [1.807, 2.05) is 4.57 Å². The molecule has 1 aromatic heterocycles. The van der Waals surface area contributed by atoms with Gasteiger partial charge in [-0.3, -0.25) is 4.90 Å². The molecule has 3 rings (SSSR count). The Balaban J connectivity index is 2.08. The lowest BCUT2D eigenvalue weighted by atomic mass is 10.2. The third-order valence-electron chi connectivity index (χ3n) is 4.03. The van der Waals surface area contributed by atoms with Crippen LogP contribution in [0.1, 0.15) is 31.6 Å². The van der Waals surface area contributed by atoms with Crippen LogP contribution in [0.15, 0.2) is 18.2 Å². The SMILES string of the molecule is CC(c1nc2cc(F)ccc2n1CC#N)N1CCCC1. The number of hydrogen-bond acceptors (Lipinski definition) is 3. The molecule has 0 saturated carbocycles. The van der Waals surface area contributed by atoms with Gasteiger partial charge in [0.15, 0.2) is 0 Å². The van der Waals surface area contributed by atoms with E-state index in [0.717, 1.165) is 24.4 Å². The number of benzene rings is 1. The smallest absolute Gasteiger partial charge is 0.127 e. The average Bonchev–Trinajstić information content (AvgIpc) is 3.06. The van der Waals surface area contributed by atoms with Gasteiger partial charge in [-0.2, -0.15) is 5.26 Å². The molecule has 20 heavy (non-hydrogen) atoms. The predicted octanol–water partition coefficient (Wildman–Crippen LogP) is 2.86. The molecule has 0 bridgehead atoms. The van der Waals surface area contributed by atoms with Crippen LogP contribution in [0.5, 0.6) is 0 Å². The van der Waals surface area contributed by atoms with Crippen molar-refractivity contribution in [1.82, 2.24) is 14.5 Å². The molecular formula is C15H17FN4. The van der Waals surface area contributed by atoms with Gasteiger partial charge in [-0.1, -0.05) is 0 Å². The van der Waals surface area contributed by atoms with Crippen LogP contribution in [-0.4, -0.2) is 27.5 Å². The molecule has 0 radical (unpaired) electrons. The zero-order valence-corrected chi connectivity index (χ0v) is 11.5. The second-order valence-corrected chi connectivity index (χ2v) is 5.27. The molecule has 4 nitrogen and oxygen atoms in total. The number of hydrogen-bond donors (Lipinski definition) is 0. The van der Waals surface area contributed by atoms with Gasteiger partial charge < -0.3 is 4.57 Å². The van der Waals surface area contributed by atoms with Gasteiger partial charge in [0.1, 0.15) is 18.2 Å². The van der Waals surface area contributed by atoms with Gasteiger partial charge in [-0.25, -0.2) is 9.37 Å². The van der Waals surface area contributed by atoms with E-state index >= 15 is 0 Å². The zero-order valence-electron chi connectivity index (χ0n) is 11.5. The summed E-state index contributed by atoms with van der Waals surface area (Å²) in [5, 5.41) is 9.04. The normalized spacial score (nSPS) is 17.4. The maximum absolute atomic E-state index is 13.3. The third kappa shape index (κ3) is 2.16. The summed E-state index contributed by atoms with van der Waals surface area (Å²) in [6.07, 6.45) is 2.41. The van der Waals surface area contributed by atoms with Crippen molar-refractivity contribution in [1.29, 1.82) is 5.26 Å². The Hall–Kier alpha value is -1.93. The van der Waals surface area contributed by atoms with Crippen LogP contribution in [0.4, 0.5) is 4.39 Å². The Labute approximate surface area is 117 Å². The molecule has 0 amide bonds. The highest BCUT2D eigenvalue weighted by Gasteiger charge is 2.24. The number of nitriles is 1. The minimum absolute atomic E-state index is 0.154. The Morgan fingerprint density at radius 1 is 1.40 bits per heavy atom. The first-order valence-corrected chi connectivity index (χ1v) is 6.97. The first-order chi connectivity index (χ1) is 9.70. The van der Waals surface area contributed by atoms with Crippen LogP contribution in [0.25, 0.3) is 11.0 Å². The molecule has 0 N–H and O–H groups in total. The molecule has 2 aromatic rings. The summed E-state index contributed by atoms with van der Waals surface area (Å²) in [7, 11) is 0. The van der Waals surface area contributed by atoms with Gasteiger partial charge in [0.2, 0.25) is 0 Å². The van der Waals surface area contributed by atoms with Gasteiger partial charge in [0.25, 0.3) is 0 Å². The van der Waals surface area contributed by atoms with Gasteiger partial charge in [0.05, 0.1) is 23.1 Å². The number of fused-ring (bicyclic) bond motifs is 1. The maximum Gasteiger partial charge on any atom is 0.127 e. The van der Waals surface area contributed by atoms with E-state index in [0.29, 0.717) is 5.52 Å². The molecule has 1 aromatic carbocycles. The molecule has 1 aliphatic rings. The quantitative estimate of drug-likeness (QED) is 0.863. The molecule has 0 aliphatic carbocycles. The summed E-state index contributed by atoms with van der Waals surface area (Å²) in [5.74, 6) is 0.563. The van der Waals surface area contributed by atoms with E-state index in [-0.39, 0.29) is 18.4 Å². The maximum atomic E-state index is 13.3. The number of rotatable bonds is 3. The lowest BCUT2D eigenvalue weighted by molar-refractivity contribution is 0.249. The number of halogens is 1. The van der Waals surface area contributed by atoms with E-state index in [1.165, 1.54) is 25.0 Å². The van der Waals surface area contributed by atoms with E-state index in [2.05, 4.69) is 22.9 Å². The monoisotopic (exact) mass is 272 g/mol. The van der Waals surface area contributed by atoms with Crippen LogP contribution in [0.2, 0.25) is 0 Å². The molecular weight excluding hydrogens is 255 g/mol. The summed E-state index contributed by atoms with van der Waals surface area (Å²) in [4.78, 5) is 6.93. The summed E-state index contributed by atoms with van der Waals surface area (Å²) in [5.41, 5.74) is 1.45. The van der Waals surface area contributed by atoms with Crippen LogP contribution < -0.4 is 0 Å². The fourth-order valence-electron chi connectivity index (χ4n) is 2.97. The molecule has 1 aliphatic heterocycles. The molecule has 5 heteroatoms. The van der Waals surface area contributed by atoms with Crippen molar-refractivity contribution in [2.45, 2.75) is 32.4 Å². The first kappa shape index (κ1) is 13.1. The molecule has 1 unspecified atom stereocenters. The molecule has 1 atom stereocenters. The fourth-order valence-corrected chi connectivity index (χ4v) is 2.97. The Morgan fingerprint density at radius 2 is 2.15 bits per heavy atom. The van der Waals surface area contributed by atoms with Crippen LogP contribution in [0, 0.1) is 17.1 Å². The van der Waals surface area contributed by atoms with Gasteiger partial charge in [-0.05, 0) is 45.0 Å². The van der Waals surface area contributed by atoms with Gasteiger partial charge >= 0.3 is 0 Å². The topological polar surface area (TPSA) is 44.9 Å². The molecule has 2 heterocycles. The minimum Gasteiger partial charge on any atom is -0.313 e. The number of likely N-dealkylation sites (tertiary alicyclic amines) is 1. The van der Waals surface area contributed by atoms with Crippen molar-refractivity contribution < 1.29 is 4.39 Å². The highest BCUT2D eigenvalue weighted by Crippen LogP contribution is 2.27. The molecule has 1 saturated heterocycles. The Bertz CT molecular complexity index is 664. The standard InChI is InChI=1S/C15H17FN4/c1-11(19-7-2-3-8-19)15-18-13-10-12(16)4-5-14(13)20(15)9-6-17/h4-5,10-11H,2-3,7-9H2,1H3. The van der Waals surface area contributed by atoms with Gasteiger partial charge in [-0.15, -0.1) is 0 Å².